The molecule has 0 bridgehead atoms. The Kier molecular flexibility index (Phi) is 4.61. The van der Waals surface area contributed by atoms with Gasteiger partial charge in [0.05, 0.1) is 11.2 Å². The third-order valence-electron chi connectivity index (χ3n) is 4.07. The number of carbonyl (C=O) groups is 1. The van der Waals surface area contributed by atoms with Crippen LogP contribution in [-0.2, 0) is 6.42 Å². The molecule has 7 nitrogen and oxygen atoms in total. The van der Waals surface area contributed by atoms with Crippen molar-refractivity contribution in [1.29, 1.82) is 5.26 Å². The number of hydrogen-bond donors (Lipinski definition) is 2. The van der Waals surface area contributed by atoms with Crippen LogP contribution in [0.1, 0.15) is 28.2 Å². The predicted octanol–water partition coefficient (Wildman–Crippen LogP) is 2.12. The van der Waals surface area contributed by atoms with Crippen LogP contribution < -0.4 is 5.73 Å². The monoisotopic (exact) mass is 334 g/mol. The third-order valence-corrected chi connectivity index (χ3v) is 4.07. The lowest BCUT2D eigenvalue weighted by molar-refractivity contribution is 0.0788. The molecule has 0 radical (unpaired) electrons. The molecule has 25 heavy (non-hydrogen) atoms. The van der Waals surface area contributed by atoms with Gasteiger partial charge < -0.3 is 10.6 Å². The quantitative estimate of drug-likeness (QED) is 0.742. The lowest BCUT2D eigenvalue weighted by atomic mass is 10.1. The van der Waals surface area contributed by atoms with Crippen LogP contribution >= 0.6 is 0 Å². The first-order valence-electron chi connectivity index (χ1n) is 7.94. The molecule has 0 aliphatic heterocycles. The van der Waals surface area contributed by atoms with Crippen molar-refractivity contribution in [3.63, 3.8) is 0 Å². The summed E-state index contributed by atoms with van der Waals surface area (Å²) in [6.07, 6.45) is 1.28. The van der Waals surface area contributed by atoms with Crippen LogP contribution in [0.4, 0.5) is 5.82 Å². The fraction of sp³-hybridized carbons (Fsp3) is 0.222. The number of nitrogens with two attached hydrogens (primary N) is 1. The minimum atomic E-state index is -0.129. The van der Waals surface area contributed by atoms with Crippen molar-refractivity contribution in [2.45, 2.75) is 12.8 Å². The molecule has 3 N–H and O–H groups in total. The molecule has 0 saturated heterocycles. The minimum Gasteiger partial charge on any atom is -0.381 e. The van der Waals surface area contributed by atoms with Crippen LogP contribution in [0.2, 0.25) is 0 Å². The van der Waals surface area contributed by atoms with Gasteiger partial charge in [0.2, 0.25) is 0 Å². The van der Waals surface area contributed by atoms with Crippen molar-refractivity contribution < 1.29 is 4.79 Å². The molecule has 0 aliphatic rings. The van der Waals surface area contributed by atoms with Gasteiger partial charge in [-0.25, -0.2) is 4.98 Å². The molecule has 7 heteroatoms. The maximum absolute atomic E-state index is 12.5. The van der Waals surface area contributed by atoms with E-state index in [9.17, 15) is 4.79 Å². The van der Waals surface area contributed by atoms with E-state index >= 15 is 0 Å². The molecule has 1 aromatic carbocycles. The predicted molar refractivity (Wildman–Crippen MR) is 94.7 cm³/mol. The van der Waals surface area contributed by atoms with E-state index in [1.165, 1.54) is 0 Å². The van der Waals surface area contributed by atoms with Gasteiger partial charge in [-0.1, -0.05) is 24.3 Å². The van der Waals surface area contributed by atoms with E-state index in [4.69, 9.17) is 11.0 Å². The number of para-hydroxylation sites is 1. The van der Waals surface area contributed by atoms with Crippen molar-refractivity contribution in [3.05, 3.63) is 53.3 Å². The van der Waals surface area contributed by atoms with Gasteiger partial charge in [-0.2, -0.15) is 10.4 Å². The highest BCUT2D eigenvalue weighted by Gasteiger charge is 2.15. The Balaban J connectivity index is 1.63. The van der Waals surface area contributed by atoms with E-state index < -0.39 is 0 Å². The lowest BCUT2D eigenvalue weighted by Crippen LogP contribution is -2.28. The van der Waals surface area contributed by atoms with E-state index in [2.05, 4.69) is 15.2 Å². The number of aryl methyl sites for hydroxylation is 1. The fourth-order valence-corrected chi connectivity index (χ4v) is 2.68. The molecule has 126 valence electrons. The number of aromatic nitrogens is 3. The Hall–Kier alpha value is -3.40. The zero-order valence-corrected chi connectivity index (χ0v) is 13.9. The van der Waals surface area contributed by atoms with E-state index in [1.807, 2.05) is 36.4 Å². The van der Waals surface area contributed by atoms with Crippen molar-refractivity contribution >= 4 is 22.6 Å². The van der Waals surface area contributed by atoms with E-state index in [-0.39, 0.29) is 11.7 Å². The SMILES string of the molecule is CN(CCCc1[nH]nc(N)c1C#N)C(=O)c1ccc2ccccc2n1. The van der Waals surface area contributed by atoms with Crippen LogP contribution in [0, 0.1) is 11.3 Å². The highest BCUT2D eigenvalue weighted by molar-refractivity contribution is 5.94. The molecule has 0 spiro atoms. The van der Waals surface area contributed by atoms with E-state index in [0.717, 1.165) is 10.9 Å². The number of nitrogens with zero attached hydrogens (tertiary/aromatic N) is 4. The molecule has 3 rings (SSSR count). The van der Waals surface area contributed by atoms with Gasteiger partial charge in [-0.3, -0.25) is 9.89 Å². The molecule has 0 saturated carbocycles. The standard InChI is InChI=1S/C18H18N6O/c1-24(10-4-7-15-13(11-19)17(20)23-22-15)18(25)16-9-8-12-5-2-3-6-14(12)21-16/h2-3,5-6,8-9H,4,7,10H2,1H3,(H3,20,22,23). The smallest absolute Gasteiger partial charge is 0.272 e. The maximum Gasteiger partial charge on any atom is 0.272 e. The highest BCUT2D eigenvalue weighted by Crippen LogP contribution is 2.15. The normalized spacial score (nSPS) is 10.6. The number of aromatic amines is 1. The van der Waals surface area contributed by atoms with Gasteiger partial charge in [-0.05, 0) is 25.0 Å². The third kappa shape index (κ3) is 3.43. The van der Waals surface area contributed by atoms with Crippen LogP contribution in [0.5, 0.6) is 0 Å². The van der Waals surface area contributed by atoms with Gasteiger partial charge in [-0.15, -0.1) is 0 Å². The minimum absolute atomic E-state index is 0.129. The van der Waals surface area contributed by atoms with Crippen LogP contribution in [0.3, 0.4) is 0 Å². The lowest BCUT2D eigenvalue weighted by Gasteiger charge is -2.16. The molecule has 3 aromatic rings. The largest absolute Gasteiger partial charge is 0.381 e. The number of nitriles is 1. The van der Waals surface area contributed by atoms with Crippen LogP contribution in [0.15, 0.2) is 36.4 Å². The number of carbonyl (C=O) groups excluding carboxylic acids is 1. The highest BCUT2D eigenvalue weighted by atomic mass is 16.2. The average molecular weight is 334 g/mol. The van der Waals surface area contributed by atoms with Crippen molar-refractivity contribution in [1.82, 2.24) is 20.1 Å². The number of H-pyrrole nitrogens is 1. The van der Waals surface area contributed by atoms with Crippen LogP contribution in [0.25, 0.3) is 10.9 Å². The summed E-state index contributed by atoms with van der Waals surface area (Å²) in [6.45, 7) is 0.539. The Morgan fingerprint density at radius 1 is 1.32 bits per heavy atom. The molecule has 0 unspecified atom stereocenters. The molecule has 1 amide bonds. The Bertz CT molecular complexity index is 956. The molecule has 0 atom stereocenters. The van der Waals surface area contributed by atoms with Gasteiger partial charge in [0.15, 0.2) is 5.82 Å². The number of fused-ring (bicyclic) bond motifs is 1. The molecular formula is C18H18N6O. The van der Waals surface area contributed by atoms with Gasteiger partial charge in [0.1, 0.15) is 17.3 Å². The Morgan fingerprint density at radius 3 is 2.92 bits per heavy atom. The topological polar surface area (TPSA) is 112 Å². The first-order valence-corrected chi connectivity index (χ1v) is 7.94. The zero-order valence-electron chi connectivity index (χ0n) is 13.9. The summed E-state index contributed by atoms with van der Waals surface area (Å²) in [5.74, 6) is 0.0812. The number of pyridine rings is 1. The van der Waals surface area contributed by atoms with Gasteiger partial charge >= 0.3 is 0 Å². The number of benzene rings is 1. The second kappa shape index (κ2) is 7.01. The number of amides is 1. The van der Waals surface area contributed by atoms with Gasteiger partial charge in [0, 0.05) is 19.0 Å². The van der Waals surface area contributed by atoms with Crippen molar-refractivity contribution in [3.8, 4) is 6.07 Å². The molecule has 0 fully saturated rings. The summed E-state index contributed by atoms with van der Waals surface area (Å²) < 4.78 is 0. The number of hydrogen-bond acceptors (Lipinski definition) is 5. The maximum atomic E-state index is 12.5. The number of rotatable bonds is 5. The van der Waals surface area contributed by atoms with Gasteiger partial charge in [0.25, 0.3) is 5.91 Å². The summed E-state index contributed by atoms with van der Waals surface area (Å²) in [5.41, 5.74) is 7.91. The number of nitrogen functional groups attached to an aromatic ring is 1. The van der Waals surface area contributed by atoms with Crippen molar-refractivity contribution in [2.24, 2.45) is 0 Å². The average Bonchev–Trinajstić information content (AvgIpc) is 3.00. The Morgan fingerprint density at radius 2 is 2.12 bits per heavy atom. The van der Waals surface area contributed by atoms with E-state index in [1.54, 1.807) is 18.0 Å². The second-order valence-electron chi connectivity index (χ2n) is 5.79. The summed E-state index contributed by atoms with van der Waals surface area (Å²) in [7, 11) is 1.74. The van der Waals surface area contributed by atoms with E-state index in [0.29, 0.717) is 36.3 Å². The number of anilines is 1. The molecular weight excluding hydrogens is 316 g/mol. The zero-order chi connectivity index (χ0) is 17.8. The Labute approximate surface area is 145 Å². The summed E-state index contributed by atoms with van der Waals surface area (Å²) in [5, 5.41) is 16.7. The van der Waals surface area contributed by atoms with Crippen LogP contribution in [-0.4, -0.2) is 39.6 Å². The molecule has 2 aromatic heterocycles. The summed E-state index contributed by atoms with van der Waals surface area (Å²) >= 11 is 0. The fourth-order valence-electron chi connectivity index (χ4n) is 2.68. The second-order valence-corrected chi connectivity index (χ2v) is 5.79. The summed E-state index contributed by atoms with van der Waals surface area (Å²) in [6, 6.07) is 13.4. The first kappa shape index (κ1) is 16.5. The first-order chi connectivity index (χ1) is 12.1. The van der Waals surface area contributed by atoms with Crippen molar-refractivity contribution in [2.75, 3.05) is 19.3 Å². The summed E-state index contributed by atoms with van der Waals surface area (Å²) in [4.78, 5) is 18.6. The molecule has 0 aliphatic carbocycles. The molecule has 2 heterocycles. The number of nitrogens with one attached hydrogen (secondary N) is 1.